The van der Waals surface area contributed by atoms with E-state index in [0.717, 1.165) is 0 Å². The van der Waals surface area contributed by atoms with Crippen molar-refractivity contribution in [3.63, 3.8) is 0 Å². The van der Waals surface area contributed by atoms with Crippen LogP contribution in [0.25, 0.3) is 0 Å². The number of rotatable bonds is 4. The Morgan fingerprint density at radius 1 is 1.12 bits per heavy atom. The van der Waals surface area contributed by atoms with E-state index in [1.54, 1.807) is 0 Å². The van der Waals surface area contributed by atoms with E-state index in [0.29, 0.717) is 0 Å². The maximum atomic E-state index is 6.09. The SMILES string of the molecule is CC[CH2][In]([Cl])[CH2]CC. The normalized spacial score (nSPS) is 9.38. The molecule has 0 aromatic rings. The Bertz CT molecular complexity index is 41.8. The fourth-order valence-electron chi connectivity index (χ4n) is 0.771. The molecule has 0 unspecified atom stereocenters. The molecule has 0 saturated carbocycles. The summed E-state index contributed by atoms with van der Waals surface area (Å²) in [5, 5.41) is 0. The van der Waals surface area contributed by atoms with Crippen LogP contribution < -0.4 is 0 Å². The zero-order chi connectivity index (χ0) is 6.41. The first-order chi connectivity index (χ1) is 3.81. The van der Waals surface area contributed by atoms with E-state index in [-0.39, 0.29) is 0 Å². The first kappa shape index (κ1) is 9.16. The van der Waals surface area contributed by atoms with Gasteiger partial charge in [-0.25, -0.2) is 0 Å². The average molecular weight is 236 g/mol. The molecule has 0 heterocycles. The van der Waals surface area contributed by atoms with Gasteiger partial charge < -0.3 is 0 Å². The van der Waals surface area contributed by atoms with Crippen LogP contribution in [0.15, 0.2) is 0 Å². The van der Waals surface area contributed by atoms with Crippen molar-refractivity contribution in [2.45, 2.75) is 35.0 Å². The molecule has 0 aliphatic carbocycles. The topological polar surface area (TPSA) is 0 Å². The molecule has 48 valence electrons. The molecule has 8 heavy (non-hydrogen) atoms. The van der Waals surface area contributed by atoms with E-state index in [4.69, 9.17) is 8.58 Å². The first-order valence-corrected chi connectivity index (χ1v) is 12.3. The van der Waals surface area contributed by atoms with E-state index < -0.39 is 20.3 Å². The molecule has 0 aromatic heterocycles. The van der Waals surface area contributed by atoms with Crippen LogP contribution in [0.1, 0.15) is 26.7 Å². The summed E-state index contributed by atoms with van der Waals surface area (Å²) in [6, 6.07) is 0. The summed E-state index contributed by atoms with van der Waals surface area (Å²) in [6.45, 7) is 4.45. The fraction of sp³-hybridized carbons (Fsp3) is 1.00. The summed E-state index contributed by atoms with van der Waals surface area (Å²) in [6.07, 6.45) is 2.62. The van der Waals surface area contributed by atoms with Crippen molar-refractivity contribution in [1.29, 1.82) is 0 Å². The third kappa shape index (κ3) is 5.30. The summed E-state index contributed by atoms with van der Waals surface area (Å²) < 4.78 is 2.77. The molecule has 2 heteroatoms. The second-order valence-electron chi connectivity index (χ2n) is 2.17. The molecule has 0 amide bonds. The zero-order valence-electron chi connectivity index (χ0n) is 5.78. The summed E-state index contributed by atoms with van der Waals surface area (Å²) in [5.41, 5.74) is 0. The Hall–Kier alpha value is 1.16. The van der Waals surface area contributed by atoms with Gasteiger partial charge in [-0.15, -0.1) is 0 Å². The van der Waals surface area contributed by atoms with Crippen molar-refractivity contribution in [2.24, 2.45) is 0 Å². The van der Waals surface area contributed by atoms with Crippen LogP contribution in [-0.4, -0.2) is 20.3 Å². The first-order valence-electron chi connectivity index (χ1n) is 3.45. The number of halogens is 1. The van der Waals surface area contributed by atoms with E-state index >= 15 is 0 Å². The molecule has 0 N–H and O–H groups in total. The molecular weight excluding hydrogens is 222 g/mol. The molecule has 0 nitrogen and oxygen atoms in total. The van der Waals surface area contributed by atoms with Crippen molar-refractivity contribution >= 4 is 28.8 Å². The Balaban J connectivity index is 2.92. The molecule has 0 saturated heterocycles. The van der Waals surface area contributed by atoms with Crippen LogP contribution in [-0.2, 0) is 0 Å². The minimum absolute atomic E-state index is 1.31. The quantitative estimate of drug-likeness (QED) is 0.704. The Morgan fingerprint density at radius 2 is 1.50 bits per heavy atom. The molecule has 0 bridgehead atoms. The fourth-order valence-corrected chi connectivity index (χ4v) is 8.10. The number of hydrogen-bond acceptors (Lipinski definition) is 0. The summed E-state index contributed by atoms with van der Waals surface area (Å²) in [4.78, 5) is 0. The summed E-state index contributed by atoms with van der Waals surface area (Å²) >= 11 is -1.33. The predicted octanol–water partition coefficient (Wildman–Crippen LogP) is 3.04. The van der Waals surface area contributed by atoms with Crippen LogP contribution in [0.5, 0.6) is 0 Å². The predicted molar refractivity (Wildman–Crippen MR) is 41.8 cm³/mol. The van der Waals surface area contributed by atoms with Gasteiger partial charge in [0, 0.05) is 0 Å². The van der Waals surface area contributed by atoms with Gasteiger partial charge in [0.2, 0.25) is 0 Å². The van der Waals surface area contributed by atoms with Crippen molar-refractivity contribution in [3.05, 3.63) is 0 Å². The van der Waals surface area contributed by atoms with Crippen molar-refractivity contribution in [1.82, 2.24) is 0 Å². The van der Waals surface area contributed by atoms with Gasteiger partial charge in [0.15, 0.2) is 0 Å². The summed E-state index contributed by atoms with van der Waals surface area (Å²) in [7, 11) is 6.09. The van der Waals surface area contributed by atoms with Crippen molar-refractivity contribution in [2.75, 3.05) is 0 Å². The molecule has 0 aliphatic rings. The molecule has 0 atom stereocenters. The van der Waals surface area contributed by atoms with Gasteiger partial charge in [-0.05, 0) is 0 Å². The van der Waals surface area contributed by atoms with E-state index in [1.165, 1.54) is 21.2 Å². The van der Waals surface area contributed by atoms with Crippen LogP contribution in [0.2, 0.25) is 8.35 Å². The Labute approximate surface area is 63.7 Å². The second kappa shape index (κ2) is 6.28. The van der Waals surface area contributed by atoms with Crippen molar-refractivity contribution < 1.29 is 0 Å². The average Bonchev–Trinajstić information content (AvgIpc) is 1.68. The standard InChI is InChI=1S/2C3H7.ClH.In/c2*1-3-2;;/h2*1,3H2,2H3;1H;/q;;;+1/p-1. The van der Waals surface area contributed by atoms with E-state index in [1.807, 2.05) is 0 Å². The van der Waals surface area contributed by atoms with Crippen LogP contribution in [0, 0.1) is 0 Å². The van der Waals surface area contributed by atoms with Gasteiger partial charge >= 0.3 is 63.9 Å². The van der Waals surface area contributed by atoms with Crippen molar-refractivity contribution in [3.8, 4) is 0 Å². The van der Waals surface area contributed by atoms with Gasteiger partial charge in [-0.2, -0.15) is 0 Å². The second-order valence-corrected chi connectivity index (χ2v) is 13.0. The van der Waals surface area contributed by atoms with Gasteiger partial charge in [0.05, 0.1) is 0 Å². The third-order valence-corrected chi connectivity index (χ3v) is 11.0. The van der Waals surface area contributed by atoms with Gasteiger partial charge in [0.1, 0.15) is 0 Å². The maximum absolute atomic E-state index is 6.09. The third-order valence-electron chi connectivity index (χ3n) is 1.20. The zero-order valence-corrected chi connectivity index (χ0v) is 9.84. The Kier molecular flexibility index (Phi) is 7.19. The minimum atomic E-state index is -1.33. The van der Waals surface area contributed by atoms with Gasteiger partial charge in [0.25, 0.3) is 0 Å². The van der Waals surface area contributed by atoms with Gasteiger partial charge in [-0.1, -0.05) is 0 Å². The molecule has 0 aromatic carbocycles. The molecule has 0 spiro atoms. The van der Waals surface area contributed by atoms with E-state index in [2.05, 4.69) is 13.8 Å². The summed E-state index contributed by atoms with van der Waals surface area (Å²) in [5.74, 6) is 0. The number of hydrogen-bond donors (Lipinski definition) is 0. The Morgan fingerprint density at radius 3 is 1.75 bits per heavy atom. The van der Waals surface area contributed by atoms with Crippen LogP contribution in [0.3, 0.4) is 0 Å². The molecule has 0 aliphatic heterocycles. The molecule has 0 fully saturated rings. The van der Waals surface area contributed by atoms with E-state index in [9.17, 15) is 0 Å². The van der Waals surface area contributed by atoms with Crippen LogP contribution >= 0.6 is 8.58 Å². The molecule has 0 radical (unpaired) electrons. The molecular formula is C6H14ClIn. The van der Waals surface area contributed by atoms with Crippen LogP contribution in [0.4, 0.5) is 0 Å². The van der Waals surface area contributed by atoms with Gasteiger partial charge in [-0.3, -0.25) is 0 Å². The monoisotopic (exact) mass is 236 g/mol. The molecule has 0 rings (SSSR count).